The van der Waals surface area contributed by atoms with Gasteiger partial charge in [0, 0.05) is 5.56 Å². The molecule has 3 nitrogen and oxygen atoms in total. The number of hydrogen-bond acceptors (Lipinski definition) is 3. The smallest absolute Gasteiger partial charge is 0.379 e. The fourth-order valence-electron chi connectivity index (χ4n) is 1.20. The van der Waals surface area contributed by atoms with E-state index in [0.29, 0.717) is 5.56 Å². The molecule has 0 radical (unpaired) electrons. The lowest BCUT2D eigenvalue weighted by molar-refractivity contribution is -0.137. The highest BCUT2D eigenvalue weighted by atomic mass is 79.9. The van der Waals surface area contributed by atoms with Crippen LogP contribution in [0.15, 0.2) is 16.6 Å². The Morgan fingerprint density at radius 3 is 2.62 bits per heavy atom. The fourth-order valence-corrected chi connectivity index (χ4v) is 1.61. The second-order valence-electron chi connectivity index (χ2n) is 3.16. The zero-order valence-corrected chi connectivity index (χ0v) is 10.4. The molecule has 5 heteroatoms. The molecule has 0 aliphatic rings. The monoisotopic (exact) mass is 288 g/mol. The van der Waals surface area contributed by atoms with Crippen molar-refractivity contribution < 1.29 is 18.7 Å². The molecule has 0 unspecified atom stereocenters. The molecule has 0 aliphatic carbocycles. The zero-order valence-electron chi connectivity index (χ0n) is 8.84. The van der Waals surface area contributed by atoms with Gasteiger partial charge in [-0.1, -0.05) is 0 Å². The first-order valence-corrected chi connectivity index (χ1v) is 5.43. The highest BCUT2D eigenvalue weighted by molar-refractivity contribution is 9.10. The third kappa shape index (κ3) is 2.66. The molecule has 0 aromatic heterocycles. The quantitative estimate of drug-likeness (QED) is 0.488. The van der Waals surface area contributed by atoms with Gasteiger partial charge in [-0.25, -0.2) is 9.18 Å². The van der Waals surface area contributed by atoms with E-state index in [0.717, 1.165) is 0 Å². The van der Waals surface area contributed by atoms with Crippen molar-refractivity contribution >= 4 is 27.7 Å². The van der Waals surface area contributed by atoms with Crippen LogP contribution in [0.3, 0.4) is 0 Å². The van der Waals surface area contributed by atoms with Crippen molar-refractivity contribution in [2.75, 3.05) is 6.61 Å². The molecular weight excluding hydrogens is 279 g/mol. The number of benzene rings is 1. The van der Waals surface area contributed by atoms with Gasteiger partial charge < -0.3 is 4.74 Å². The maximum Gasteiger partial charge on any atom is 0.379 e. The van der Waals surface area contributed by atoms with Crippen LogP contribution in [-0.2, 0) is 9.53 Å². The highest BCUT2D eigenvalue weighted by Gasteiger charge is 2.22. The lowest BCUT2D eigenvalue weighted by atomic mass is 10.1. The van der Waals surface area contributed by atoms with Crippen LogP contribution in [0, 0.1) is 12.7 Å². The van der Waals surface area contributed by atoms with Crippen molar-refractivity contribution in [3.05, 3.63) is 33.5 Å². The molecule has 0 fully saturated rings. The van der Waals surface area contributed by atoms with Gasteiger partial charge in [0.25, 0.3) is 5.78 Å². The summed E-state index contributed by atoms with van der Waals surface area (Å²) in [6.45, 7) is 3.34. The van der Waals surface area contributed by atoms with Crippen LogP contribution in [0.2, 0.25) is 0 Å². The van der Waals surface area contributed by atoms with E-state index in [1.807, 2.05) is 0 Å². The average molecular weight is 289 g/mol. The second kappa shape index (κ2) is 5.21. The number of carbonyl (C=O) groups excluding carboxylic acids is 2. The molecule has 0 heterocycles. The Hall–Kier alpha value is -1.23. The third-order valence-electron chi connectivity index (χ3n) is 1.88. The maximum absolute atomic E-state index is 13.3. The van der Waals surface area contributed by atoms with E-state index >= 15 is 0 Å². The molecule has 0 amide bonds. The van der Waals surface area contributed by atoms with Crippen LogP contribution in [-0.4, -0.2) is 18.4 Å². The predicted octanol–water partition coefficient (Wildman–Crippen LogP) is 2.64. The van der Waals surface area contributed by atoms with Crippen LogP contribution < -0.4 is 0 Å². The van der Waals surface area contributed by atoms with Crippen molar-refractivity contribution in [3.8, 4) is 0 Å². The normalized spacial score (nSPS) is 10.0. The number of carbonyl (C=O) groups is 2. The van der Waals surface area contributed by atoms with E-state index < -0.39 is 17.6 Å². The molecule has 0 bridgehead atoms. The number of hydrogen-bond donors (Lipinski definition) is 0. The summed E-state index contributed by atoms with van der Waals surface area (Å²) in [5, 5.41) is 0. The number of aryl methyl sites for hydroxylation is 1. The summed E-state index contributed by atoms with van der Waals surface area (Å²) < 4.78 is 17.8. The van der Waals surface area contributed by atoms with E-state index in [9.17, 15) is 14.0 Å². The molecule has 86 valence electrons. The molecule has 0 spiro atoms. The molecule has 1 aromatic rings. The summed E-state index contributed by atoms with van der Waals surface area (Å²) in [5.41, 5.74) is 0.546. The lowest BCUT2D eigenvalue weighted by Gasteiger charge is -2.05. The minimum absolute atomic E-state index is 0.0175. The van der Waals surface area contributed by atoms with Crippen molar-refractivity contribution in [2.45, 2.75) is 13.8 Å². The van der Waals surface area contributed by atoms with Gasteiger partial charge in [-0.15, -0.1) is 0 Å². The molecule has 0 saturated heterocycles. The van der Waals surface area contributed by atoms with Crippen molar-refractivity contribution in [3.63, 3.8) is 0 Å². The SMILES string of the molecule is CCOC(=O)C(=O)c1cc(C)cc(F)c1Br. The van der Waals surface area contributed by atoms with Crippen molar-refractivity contribution in [1.29, 1.82) is 0 Å². The molecule has 0 saturated carbocycles. The summed E-state index contributed by atoms with van der Waals surface area (Å²) in [7, 11) is 0. The molecular formula is C11H10BrFO3. The largest absolute Gasteiger partial charge is 0.460 e. The van der Waals surface area contributed by atoms with E-state index in [-0.39, 0.29) is 16.6 Å². The average Bonchev–Trinajstić information content (AvgIpc) is 2.22. The summed E-state index contributed by atoms with van der Waals surface area (Å²) in [6, 6.07) is 2.71. The number of halogens is 2. The summed E-state index contributed by atoms with van der Waals surface area (Å²) in [5.74, 6) is -2.41. The van der Waals surface area contributed by atoms with Gasteiger partial charge in [0.1, 0.15) is 5.82 Å². The lowest BCUT2D eigenvalue weighted by Crippen LogP contribution is -2.18. The van der Waals surface area contributed by atoms with Gasteiger partial charge in [-0.2, -0.15) is 0 Å². The van der Waals surface area contributed by atoms with Gasteiger partial charge >= 0.3 is 5.97 Å². The number of Topliss-reactive ketones (excluding diaryl/α,β-unsaturated/α-hetero) is 1. The number of esters is 1. The Labute approximate surface area is 101 Å². The molecule has 0 N–H and O–H groups in total. The summed E-state index contributed by atoms with van der Waals surface area (Å²) >= 11 is 2.93. The first-order valence-electron chi connectivity index (χ1n) is 4.64. The maximum atomic E-state index is 13.3. The van der Waals surface area contributed by atoms with Crippen molar-refractivity contribution in [1.82, 2.24) is 0 Å². The van der Waals surface area contributed by atoms with Gasteiger partial charge in [-0.3, -0.25) is 4.79 Å². The first kappa shape index (κ1) is 12.8. The Bertz CT molecular complexity index is 443. The Morgan fingerprint density at radius 1 is 1.44 bits per heavy atom. The Balaban J connectivity index is 3.13. The first-order chi connectivity index (χ1) is 7.47. The Morgan fingerprint density at radius 2 is 2.06 bits per heavy atom. The van der Waals surface area contributed by atoms with Crippen molar-refractivity contribution in [2.24, 2.45) is 0 Å². The molecule has 0 aliphatic heterocycles. The number of ketones is 1. The molecule has 1 rings (SSSR count). The minimum Gasteiger partial charge on any atom is -0.460 e. The van der Waals surface area contributed by atoms with Crippen LogP contribution in [0.1, 0.15) is 22.8 Å². The van der Waals surface area contributed by atoms with E-state index in [4.69, 9.17) is 0 Å². The summed E-state index contributed by atoms with van der Waals surface area (Å²) in [4.78, 5) is 22.8. The number of rotatable bonds is 3. The summed E-state index contributed by atoms with van der Waals surface area (Å²) in [6.07, 6.45) is 0. The van der Waals surface area contributed by atoms with Gasteiger partial charge in [0.05, 0.1) is 11.1 Å². The Kier molecular flexibility index (Phi) is 4.18. The third-order valence-corrected chi connectivity index (χ3v) is 2.68. The van der Waals surface area contributed by atoms with Gasteiger partial charge in [0.2, 0.25) is 0 Å². The minimum atomic E-state index is -0.979. The zero-order chi connectivity index (χ0) is 12.3. The van der Waals surface area contributed by atoms with E-state index in [1.165, 1.54) is 12.1 Å². The van der Waals surface area contributed by atoms with E-state index in [1.54, 1.807) is 13.8 Å². The highest BCUT2D eigenvalue weighted by Crippen LogP contribution is 2.23. The van der Waals surface area contributed by atoms with Gasteiger partial charge in [-0.05, 0) is 47.5 Å². The number of ether oxygens (including phenoxy) is 1. The fraction of sp³-hybridized carbons (Fsp3) is 0.273. The molecule has 1 aromatic carbocycles. The van der Waals surface area contributed by atoms with Gasteiger partial charge in [0.15, 0.2) is 0 Å². The van der Waals surface area contributed by atoms with Crippen LogP contribution in [0.5, 0.6) is 0 Å². The standard InChI is InChI=1S/C11H10BrFO3/c1-3-16-11(15)10(14)7-4-6(2)5-8(13)9(7)12/h4-5H,3H2,1-2H3. The van der Waals surface area contributed by atoms with Crippen LogP contribution in [0.25, 0.3) is 0 Å². The van der Waals surface area contributed by atoms with E-state index in [2.05, 4.69) is 20.7 Å². The second-order valence-corrected chi connectivity index (χ2v) is 3.95. The van der Waals surface area contributed by atoms with Crippen LogP contribution in [0.4, 0.5) is 4.39 Å². The molecule has 16 heavy (non-hydrogen) atoms. The van der Waals surface area contributed by atoms with Crippen LogP contribution >= 0.6 is 15.9 Å². The molecule has 0 atom stereocenters. The topological polar surface area (TPSA) is 43.4 Å². The predicted molar refractivity (Wildman–Crippen MR) is 59.8 cm³/mol.